The highest BCUT2D eigenvalue weighted by Gasteiger charge is 2.18. The number of rotatable bonds is 12. The topological polar surface area (TPSA) is 83.6 Å². The molecule has 1 aromatic carbocycles. The molecule has 164 valence electrons. The van der Waals surface area contributed by atoms with Gasteiger partial charge in [0.25, 0.3) is 5.91 Å². The number of nitrogens with one attached hydrogen (secondary N) is 2. The van der Waals surface area contributed by atoms with Crippen LogP contribution in [0.15, 0.2) is 29.6 Å². The molecule has 2 aromatic rings. The van der Waals surface area contributed by atoms with E-state index in [1.807, 2.05) is 31.2 Å². The molecular weight excluding hydrogens is 400 g/mol. The maximum atomic E-state index is 13.0. The molecule has 30 heavy (non-hydrogen) atoms. The monoisotopic (exact) mass is 432 g/mol. The lowest BCUT2D eigenvalue weighted by atomic mass is 10.3. The summed E-state index contributed by atoms with van der Waals surface area (Å²) in [5, 5.41) is 8.30. The SMILES string of the molecule is CCCCNC(=O)c1csc(CN(CCCC)C(=O)Nc2ccccc2OCC)n1. The number of aromatic nitrogens is 1. The Labute approximate surface area is 182 Å². The second kappa shape index (κ2) is 12.8. The van der Waals surface area contributed by atoms with Crippen LogP contribution in [0.25, 0.3) is 0 Å². The summed E-state index contributed by atoms with van der Waals surface area (Å²) >= 11 is 1.40. The third-order valence-electron chi connectivity index (χ3n) is 4.42. The third-order valence-corrected chi connectivity index (χ3v) is 5.26. The average molecular weight is 433 g/mol. The number of hydrogen-bond acceptors (Lipinski definition) is 5. The summed E-state index contributed by atoms with van der Waals surface area (Å²) in [7, 11) is 0. The van der Waals surface area contributed by atoms with Crippen molar-refractivity contribution in [2.75, 3.05) is 25.0 Å². The molecule has 0 aliphatic rings. The van der Waals surface area contributed by atoms with Gasteiger partial charge in [-0.15, -0.1) is 11.3 Å². The molecule has 8 heteroatoms. The summed E-state index contributed by atoms with van der Waals surface area (Å²) in [5.41, 5.74) is 1.05. The Balaban J connectivity index is 2.05. The zero-order chi connectivity index (χ0) is 21.8. The second-order valence-electron chi connectivity index (χ2n) is 6.87. The first kappa shape index (κ1) is 23.7. The Bertz CT molecular complexity index is 809. The van der Waals surface area contributed by atoms with Crippen LogP contribution in [-0.4, -0.2) is 41.5 Å². The Morgan fingerprint density at radius 1 is 1.13 bits per heavy atom. The van der Waals surface area contributed by atoms with E-state index in [1.165, 1.54) is 11.3 Å². The average Bonchev–Trinajstić information content (AvgIpc) is 3.21. The van der Waals surface area contributed by atoms with Gasteiger partial charge >= 0.3 is 6.03 Å². The quantitative estimate of drug-likeness (QED) is 0.467. The number of carbonyl (C=O) groups is 2. The number of benzene rings is 1. The molecule has 0 aliphatic heterocycles. The number of urea groups is 1. The summed E-state index contributed by atoms with van der Waals surface area (Å²) in [5.74, 6) is 0.477. The molecule has 0 bridgehead atoms. The van der Waals surface area contributed by atoms with Gasteiger partial charge < -0.3 is 20.3 Å². The summed E-state index contributed by atoms with van der Waals surface area (Å²) in [6, 6.07) is 7.18. The zero-order valence-electron chi connectivity index (χ0n) is 18.1. The molecule has 2 N–H and O–H groups in total. The van der Waals surface area contributed by atoms with Gasteiger partial charge in [0.15, 0.2) is 0 Å². The number of ether oxygens (including phenoxy) is 1. The van der Waals surface area contributed by atoms with E-state index in [4.69, 9.17) is 4.74 Å². The van der Waals surface area contributed by atoms with Gasteiger partial charge in [-0.25, -0.2) is 9.78 Å². The van der Waals surface area contributed by atoms with Crippen LogP contribution in [0.4, 0.5) is 10.5 Å². The van der Waals surface area contributed by atoms with E-state index in [0.29, 0.717) is 43.4 Å². The van der Waals surface area contributed by atoms with Crippen LogP contribution in [0.3, 0.4) is 0 Å². The predicted molar refractivity (Wildman–Crippen MR) is 121 cm³/mol. The second-order valence-corrected chi connectivity index (χ2v) is 7.81. The van der Waals surface area contributed by atoms with Crippen molar-refractivity contribution in [3.8, 4) is 5.75 Å². The molecule has 0 radical (unpaired) electrons. The molecule has 2 rings (SSSR count). The Morgan fingerprint density at radius 3 is 2.63 bits per heavy atom. The fraction of sp³-hybridized carbons (Fsp3) is 0.500. The lowest BCUT2D eigenvalue weighted by Crippen LogP contribution is -2.35. The van der Waals surface area contributed by atoms with Crippen LogP contribution in [0.1, 0.15) is 62.0 Å². The number of unbranched alkanes of at least 4 members (excludes halogenated alkanes) is 2. The van der Waals surface area contributed by atoms with Crippen molar-refractivity contribution in [1.82, 2.24) is 15.2 Å². The van der Waals surface area contributed by atoms with Crippen LogP contribution in [0.5, 0.6) is 5.75 Å². The molecule has 0 atom stereocenters. The number of carbonyl (C=O) groups excluding carboxylic acids is 2. The first-order valence-corrected chi connectivity index (χ1v) is 11.5. The van der Waals surface area contributed by atoms with Crippen LogP contribution >= 0.6 is 11.3 Å². The summed E-state index contributed by atoms with van der Waals surface area (Å²) in [6.45, 7) is 8.20. The molecule has 7 nitrogen and oxygen atoms in total. The van der Waals surface area contributed by atoms with Crippen LogP contribution in [0.2, 0.25) is 0 Å². The van der Waals surface area contributed by atoms with E-state index >= 15 is 0 Å². The highest BCUT2D eigenvalue weighted by Crippen LogP contribution is 2.24. The van der Waals surface area contributed by atoms with Crippen molar-refractivity contribution in [3.63, 3.8) is 0 Å². The number of para-hydroxylation sites is 2. The van der Waals surface area contributed by atoms with Crippen LogP contribution in [0, 0.1) is 0 Å². The molecule has 0 fully saturated rings. The van der Waals surface area contributed by atoms with E-state index in [9.17, 15) is 9.59 Å². The minimum atomic E-state index is -0.209. The first-order chi connectivity index (χ1) is 14.6. The van der Waals surface area contributed by atoms with Crippen molar-refractivity contribution in [2.45, 2.75) is 53.0 Å². The summed E-state index contributed by atoms with van der Waals surface area (Å²) in [6.07, 6.45) is 3.83. The highest BCUT2D eigenvalue weighted by atomic mass is 32.1. The number of amides is 3. The van der Waals surface area contributed by atoms with Gasteiger partial charge in [-0.2, -0.15) is 0 Å². The van der Waals surface area contributed by atoms with E-state index in [0.717, 1.165) is 30.7 Å². The molecule has 1 heterocycles. The van der Waals surface area contributed by atoms with E-state index in [1.54, 1.807) is 10.3 Å². The van der Waals surface area contributed by atoms with Gasteiger partial charge in [0.1, 0.15) is 16.5 Å². The minimum Gasteiger partial charge on any atom is -0.492 e. The molecular formula is C22H32N4O3S. The smallest absolute Gasteiger partial charge is 0.322 e. The first-order valence-electron chi connectivity index (χ1n) is 10.6. The predicted octanol–water partition coefficient (Wildman–Crippen LogP) is 4.91. The zero-order valence-corrected chi connectivity index (χ0v) is 18.9. The Kier molecular flexibility index (Phi) is 10.1. The maximum Gasteiger partial charge on any atom is 0.322 e. The van der Waals surface area contributed by atoms with Gasteiger partial charge in [0, 0.05) is 18.5 Å². The van der Waals surface area contributed by atoms with Gasteiger partial charge in [-0.05, 0) is 31.9 Å². The van der Waals surface area contributed by atoms with Gasteiger partial charge in [0.05, 0.1) is 18.8 Å². The van der Waals surface area contributed by atoms with Crippen molar-refractivity contribution in [3.05, 3.63) is 40.3 Å². The van der Waals surface area contributed by atoms with Crippen LogP contribution in [-0.2, 0) is 6.54 Å². The lowest BCUT2D eigenvalue weighted by Gasteiger charge is -2.22. The standard InChI is InChI=1S/C22H32N4O3S/c1-4-7-13-23-21(27)18-16-30-20(24-18)15-26(14-8-5-2)22(28)25-17-11-9-10-12-19(17)29-6-3/h9-12,16H,4-8,13-15H2,1-3H3,(H,23,27)(H,25,28). The third kappa shape index (κ3) is 7.33. The number of nitrogens with zero attached hydrogens (tertiary/aromatic N) is 2. The lowest BCUT2D eigenvalue weighted by molar-refractivity contribution is 0.0948. The van der Waals surface area contributed by atoms with Gasteiger partial charge in [0.2, 0.25) is 0 Å². The summed E-state index contributed by atoms with van der Waals surface area (Å²) < 4.78 is 5.60. The van der Waals surface area contributed by atoms with Crippen LogP contribution < -0.4 is 15.4 Å². The molecule has 3 amide bonds. The van der Waals surface area contributed by atoms with Crippen molar-refractivity contribution < 1.29 is 14.3 Å². The normalized spacial score (nSPS) is 10.5. The molecule has 0 saturated carbocycles. The maximum absolute atomic E-state index is 13.0. The van der Waals surface area contributed by atoms with Crippen molar-refractivity contribution >= 4 is 29.0 Å². The largest absolute Gasteiger partial charge is 0.492 e. The highest BCUT2D eigenvalue weighted by molar-refractivity contribution is 7.09. The number of thiazole rings is 1. The van der Waals surface area contributed by atoms with Gasteiger partial charge in [-0.1, -0.05) is 38.8 Å². The van der Waals surface area contributed by atoms with E-state index < -0.39 is 0 Å². The fourth-order valence-corrected chi connectivity index (χ4v) is 3.56. The molecule has 0 aliphatic carbocycles. The number of hydrogen-bond donors (Lipinski definition) is 2. The minimum absolute atomic E-state index is 0.166. The van der Waals surface area contributed by atoms with Gasteiger partial charge in [-0.3, -0.25) is 4.79 Å². The molecule has 0 unspecified atom stereocenters. The molecule has 1 aromatic heterocycles. The summed E-state index contributed by atoms with van der Waals surface area (Å²) in [4.78, 5) is 31.3. The Morgan fingerprint density at radius 2 is 1.90 bits per heavy atom. The fourth-order valence-electron chi connectivity index (χ4n) is 2.77. The van der Waals surface area contributed by atoms with Crippen molar-refractivity contribution in [2.24, 2.45) is 0 Å². The van der Waals surface area contributed by atoms with E-state index in [-0.39, 0.29) is 11.9 Å². The molecule has 0 spiro atoms. The molecule has 0 saturated heterocycles. The Hall–Kier alpha value is -2.61. The number of anilines is 1. The van der Waals surface area contributed by atoms with E-state index in [2.05, 4.69) is 29.5 Å². The van der Waals surface area contributed by atoms with Crippen molar-refractivity contribution in [1.29, 1.82) is 0 Å².